The van der Waals surface area contributed by atoms with Crippen molar-refractivity contribution in [2.75, 3.05) is 5.73 Å². The summed E-state index contributed by atoms with van der Waals surface area (Å²) in [6.45, 7) is 3.84. The standard InChI is InChI=1S/C13H14BrN3O/c1-3-9-11(15)16-12(17-13(9)18)10-5-4-8(14)6-7(10)2/h4-6H,3H2,1-2H3,(H3,15,16,17,18). The van der Waals surface area contributed by atoms with Crippen LogP contribution in [0.25, 0.3) is 11.4 Å². The molecule has 4 nitrogen and oxygen atoms in total. The second kappa shape index (κ2) is 4.94. The first kappa shape index (κ1) is 12.8. The predicted octanol–water partition coefficient (Wildman–Crippen LogP) is 2.65. The molecule has 94 valence electrons. The van der Waals surface area contributed by atoms with Crippen molar-refractivity contribution in [3.63, 3.8) is 0 Å². The van der Waals surface area contributed by atoms with Crippen molar-refractivity contribution in [1.29, 1.82) is 0 Å². The highest BCUT2D eigenvalue weighted by Crippen LogP contribution is 2.23. The van der Waals surface area contributed by atoms with Crippen molar-refractivity contribution in [1.82, 2.24) is 9.97 Å². The van der Waals surface area contributed by atoms with Crippen LogP contribution in [0, 0.1) is 6.92 Å². The van der Waals surface area contributed by atoms with Gasteiger partial charge < -0.3 is 10.7 Å². The maximum Gasteiger partial charge on any atom is 0.256 e. The second-order valence-corrected chi connectivity index (χ2v) is 5.01. The lowest BCUT2D eigenvalue weighted by molar-refractivity contribution is 1.02. The summed E-state index contributed by atoms with van der Waals surface area (Å²) in [6, 6.07) is 5.79. The molecule has 0 saturated heterocycles. The normalized spacial score (nSPS) is 10.6. The Balaban J connectivity index is 2.62. The number of benzene rings is 1. The molecule has 3 N–H and O–H groups in total. The van der Waals surface area contributed by atoms with Crippen molar-refractivity contribution in [3.05, 3.63) is 44.2 Å². The van der Waals surface area contributed by atoms with E-state index >= 15 is 0 Å². The van der Waals surface area contributed by atoms with E-state index in [0.717, 1.165) is 15.6 Å². The van der Waals surface area contributed by atoms with E-state index in [2.05, 4.69) is 25.9 Å². The molecular weight excluding hydrogens is 294 g/mol. The lowest BCUT2D eigenvalue weighted by Gasteiger charge is -2.08. The van der Waals surface area contributed by atoms with Crippen LogP contribution < -0.4 is 11.3 Å². The van der Waals surface area contributed by atoms with E-state index in [-0.39, 0.29) is 5.56 Å². The molecule has 0 spiro atoms. The van der Waals surface area contributed by atoms with Gasteiger partial charge in [-0.2, -0.15) is 0 Å². The average molecular weight is 308 g/mol. The van der Waals surface area contributed by atoms with Crippen LogP contribution in [0.4, 0.5) is 5.82 Å². The minimum absolute atomic E-state index is 0.165. The van der Waals surface area contributed by atoms with Crippen molar-refractivity contribution >= 4 is 21.7 Å². The second-order valence-electron chi connectivity index (χ2n) is 4.09. The van der Waals surface area contributed by atoms with E-state index < -0.39 is 0 Å². The Bertz CT molecular complexity index is 649. The van der Waals surface area contributed by atoms with Gasteiger partial charge in [0.05, 0.1) is 5.56 Å². The lowest BCUT2D eigenvalue weighted by atomic mass is 10.1. The van der Waals surface area contributed by atoms with E-state index in [1.54, 1.807) is 0 Å². The molecule has 0 unspecified atom stereocenters. The molecule has 1 aromatic carbocycles. The maximum absolute atomic E-state index is 11.9. The Labute approximate surface area is 113 Å². The number of nitrogens with zero attached hydrogens (tertiary/aromatic N) is 1. The fourth-order valence-corrected chi connectivity index (χ4v) is 2.35. The van der Waals surface area contributed by atoms with Crippen molar-refractivity contribution in [2.45, 2.75) is 20.3 Å². The molecule has 0 aliphatic carbocycles. The number of aromatic nitrogens is 2. The molecule has 5 heteroatoms. The SMILES string of the molecule is CCc1c(N)nc(-c2ccc(Br)cc2C)[nH]c1=O. The van der Waals surface area contributed by atoms with E-state index in [0.29, 0.717) is 23.6 Å². The number of anilines is 1. The van der Waals surface area contributed by atoms with Crippen LogP contribution in [-0.4, -0.2) is 9.97 Å². The zero-order valence-corrected chi connectivity index (χ0v) is 11.8. The van der Waals surface area contributed by atoms with Gasteiger partial charge in [-0.25, -0.2) is 4.98 Å². The van der Waals surface area contributed by atoms with Gasteiger partial charge in [-0.15, -0.1) is 0 Å². The van der Waals surface area contributed by atoms with Crippen LogP contribution >= 0.6 is 15.9 Å². The number of nitrogens with one attached hydrogen (secondary N) is 1. The van der Waals surface area contributed by atoms with Crippen molar-refractivity contribution < 1.29 is 0 Å². The number of aryl methyl sites for hydroxylation is 1. The van der Waals surface area contributed by atoms with Gasteiger partial charge in [0.1, 0.15) is 11.6 Å². The highest BCUT2D eigenvalue weighted by atomic mass is 79.9. The van der Waals surface area contributed by atoms with E-state index in [1.807, 2.05) is 32.0 Å². The first-order valence-electron chi connectivity index (χ1n) is 5.68. The summed E-state index contributed by atoms with van der Waals surface area (Å²) in [7, 11) is 0. The van der Waals surface area contributed by atoms with E-state index in [9.17, 15) is 4.79 Å². The van der Waals surface area contributed by atoms with Crippen LogP contribution in [0.5, 0.6) is 0 Å². The van der Waals surface area contributed by atoms with Crippen LogP contribution in [0.15, 0.2) is 27.5 Å². The fourth-order valence-electron chi connectivity index (χ4n) is 1.88. The molecule has 0 aliphatic heterocycles. The molecule has 1 heterocycles. The first-order chi connectivity index (χ1) is 8.52. The number of rotatable bonds is 2. The Morgan fingerprint density at radius 1 is 1.44 bits per heavy atom. The summed E-state index contributed by atoms with van der Waals surface area (Å²) in [5, 5.41) is 0. The number of nitrogens with two attached hydrogens (primary N) is 1. The largest absolute Gasteiger partial charge is 0.383 e. The minimum Gasteiger partial charge on any atom is -0.383 e. The van der Waals surface area contributed by atoms with E-state index in [4.69, 9.17) is 5.73 Å². The monoisotopic (exact) mass is 307 g/mol. The van der Waals surface area contributed by atoms with Gasteiger partial charge in [-0.05, 0) is 37.1 Å². The zero-order valence-electron chi connectivity index (χ0n) is 10.2. The number of H-pyrrole nitrogens is 1. The van der Waals surface area contributed by atoms with Crippen LogP contribution in [-0.2, 0) is 6.42 Å². The fraction of sp³-hybridized carbons (Fsp3) is 0.231. The van der Waals surface area contributed by atoms with Gasteiger partial charge in [-0.3, -0.25) is 4.79 Å². The quantitative estimate of drug-likeness (QED) is 0.896. The predicted molar refractivity (Wildman–Crippen MR) is 76.5 cm³/mol. The topological polar surface area (TPSA) is 71.8 Å². The molecular formula is C13H14BrN3O. The van der Waals surface area contributed by atoms with Gasteiger partial charge in [0.15, 0.2) is 0 Å². The number of hydrogen-bond donors (Lipinski definition) is 2. The highest BCUT2D eigenvalue weighted by molar-refractivity contribution is 9.10. The van der Waals surface area contributed by atoms with Gasteiger partial charge in [0.25, 0.3) is 5.56 Å². The maximum atomic E-state index is 11.9. The Hall–Kier alpha value is -1.62. The summed E-state index contributed by atoms with van der Waals surface area (Å²) in [5.41, 5.74) is 8.08. The molecule has 0 aliphatic rings. The van der Waals surface area contributed by atoms with Gasteiger partial charge >= 0.3 is 0 Å². The van der Waals surface area contributed by atoms with Gasteiger partial charge in [0.2, 0.25) is 0 Å². The van der Waals surface area contributed by atoms with Crippen molar-refractivity contribution in [3.8, 4) is 11.4 Å². The smallest absolute Gasteiger partial charge is 0.256 e. The summed E-state index contributed by atoms with van der Waals surface area (Å²) < 4.78 is 0.990. The Morgan fingerprint density at radius 2 is 2.17 bits per heavy atom. The number of nitrogen functional groups attached to an aromatic ring is 1. The molecule has 0 saturated carbocycles. The molecule has 0 radical (unpaired) electrons. The molecule has 0 bridgehead atoms. The molecule has 0 atom stereocenters. The molecule has 2 aromatic rings. The number of hydrogen-bond acceptors (Lipinski definition) is 3. The lowest BCUT2D eigenvalue weighted by Crippen LogP contribution is -2.17. The summed E-state index contributed by atoms with van der Waals surface area (Å²) in [5.74, 6) is 0.818. The van der Waals surface area contributed by atoms with Gasteiger partial charge in [-0.1, -0.05) is 22.9 Å². The zero-order chi connectivity index (χ0) is 13.3. The molecule has 0 fully saturated rings. The third-order valence-electron chi connectivity index (χ3n) is 2.84. The average Bonchev–Trinajstić information content (AvgIpc) is 2.28. The first-order valence-corrected chi connectivity index (χ1v) is 6.47. The molecule has 1 aromatic heterocycles. The van der Waals surface area contributed by atoms with Gasteiger partial charge in [0, 0.05) is 10.0 Å². The number of aromatic amines is 1. The molecule has 18 heavy (non-hydrogen) atoms. The summed E-state index contributed by atoms with van der Waals surface area (Å²) in [4.78, 5) is 18.9. The van der Waals surface area contributed by atoms with Crippen LogP contribution in [0.1, 0.15) is 18.1 Å². The Kier molecular flexibility index (Phi) is 3.52. The van der Waals surface area contributed by atoms with E-state index in [1.165, 1.54) is 0 Å². The minimum atomic E-state index is -0.165. The third-order valence-corrected chi connectivity index (χ3v) is 3.34. The van der Waals surface area contributed by atoms with Crippen LogP contribution in [0.3, 0.4) is 0 Å². The van der Waals surface area contributed by atoms with Crippen molar-refractivity contribution in [2.24, 2.45) is 0 Å². The third kappa shape index (κ3) is 2.31. The molecule has 2 rings (SSSR count). The number of halogens is 1. The highest BCUT2D eigenvalue weighted by Gasteiger charge is 2.10. The summed E-state index contributed by atoms with van der Waals surface area (Å²) >= 11 is 3.40. The van der Waals surface area contributed by atoms with Crippen LogP contribution in [0.2, 0.25) is 0 Å². The Morgan fingerprint density at radius 3 is 2.72 bits per heavy atom. The summed E-state index contributed by atoms with van der Waals surface area (Å²) in [6.07, 6.45) is 0.577. The molecule has 0 amide bonds.